The number of rotatable bonds is 5. The van der Waals surface area contributed by atoms with Gasteiger partial charge in [-0.1, -0.05) is 36.9 Å². The van der Waals surface area contributed by atoms with Gasteiger partial charge in [-0.3, -0.25) is 4.79 Å². The maximum atomic E-state index is 12.9. The molecule has 0 atom stereocenters. The molecule has 2 heterocycles. The van der Waals surface area contributed by atoms with E-state index < -0.39 is 5.60 Å². The molecule has 1 N–H and O–H groups in total. The number of hydrogen-bond acceptors (Lipinski definition) is 3. The fourth-order valence-corrected chi connectivity index (χ4v) is 4.38. The summed E-state index contributed by atoms with van der Waals surface area (Å²) >= 11 is 6.42. The van der Waals surface area contributed by atoms with E-state index in [2.05, 4.69) is 4.57 Å². The Labute approximate surface area is 152 Å². The fraction of sp³-hybridized carbons (Fsp3) is 0.550. The molecule has 2 aromatic rings. The van der Waals surface area contributed by atoms with Crippen LogP contribution in [-0.2, 0) is 4.74 Å². The number of halogens is 1. The summed E-state index contributed by atoms with van der Waals surface area (Å²) in [5.41, 5.74) is 0.991. The molecule has 5 heteroatoms. The molecular weight excluding hydrogens is 338 g/mol. The van der Waals surface area contributed by atoms with Crippen molar-refractivity contribution < 1.29 is 14.6 Å². The van der Waals surface area contributed by atoms with Crippen LogP contribution < -0.4 is 0 Å². The number of ether oxygens (including phenoxy) is 1. The van der Waals surface area contributed by atoms with Crippen LogP contribution in [0.5, 0.6) is 0 Å². The highest BCUT2D eigenvalue weighted by atomic mass is 35.5. The maximum absolute atomic E-state index is 12.9. The van der Waals surface area contributed by atoms with E-state index in [-0.39, 0.29) is 11.8 Å². The highest BCUT2D eigenvalue weighted by molar-refractivity contribution is 6.37. The first kappa shape index (κ1) is 17.1. The minimum absolute atomic E-state index is 0.0658. The van der Waals surface area contributed by atoms with E-state index in [4.69, 9.17) is 16.3 Å². The van der Waals surface area contributed by atoms with Gasteiger partial charge in [0.15, 0.2) is 5.78 Å². The average molecular weight is 362 g/mol. The highest BCUT2D eigenvalue weighted by Gasteiger charge is 2.31. The van der Waals surface area contributed by atoms with Crippen LogP contribution in [0.3, 0.4) is 0 Å². The van der Waals surface area contributed by atoms with E-state index in [1.807, 2.05) is 24.4 Å². The second-order valence-electron chi connectivity index (χ2n) is 7.48. The van der Waals surface area contributed by atoms with Crippen LogP contribution >= 0.6 is 11.6 Å². The molecule has 25 heavy (non-hydrogen) atoms. The van der Waals surface area contributed by atoms with Crippen molar-refractivity contribution in [3.63, 3.8) is 0 Å². The monoisotopic (exact) mass is 361 g/mol. The standard InChI is InChI=1S/C20H24ClNO3/c21-16-5-4-6-17-19(16)15(11-22(17)14-12-25-13-14)18(23)7-10-20(24)8-2-1-3-9-20/h4-6,11,14,24H,1-3,7-10,12-13H2. The van der Waals surface area contributed by atoms with Crippen molar-refractivity contribution >= 4 is 28.3 Å². The molecule has 1 aromatic carbocycles. The molecule has 0 amide bonds. The first-order valence-electron chi connectivity index (χ1n) is 9.20. The number of carbonyl (C=O) groups is 1. The first-order valence-corrected chi connectivity index (χ1v) is 9.58. The molecule has 0 radical (unpaired) electrons. The minimum atomic E-state index is -0.669. The second-order valence-corrected chi connectivity index (χ2v) is 7.89. The Hall–Kier alpha value is -1.36. The summed E-state index contributed by atoms with van der Waals surface area (Å²) in [7, 11) is 0. The van der Waals surface area contributed by atoms with Gasteiger partial charge in [0, 0.05) is 23.6 Å². The summed E-state index contributed by atoms with van der Waals surface area (Å²) in [6, 6.07) is 6.02. The lowest BCUT2D eigenvalue weighted by Crippen LogP contribution is -2.31. The van der Waals surface area contributed by atoms with Crippen LogP contribution in [-0.4, -0.2) is 34.3 Å². The van der Waals surface area contributed by atoms with Crippen molar-refractivity contribution in [3.05, 3.63) is 35.0 Å². The van der Waals surface area contributed by atoms with E-state index in [1.165, 1.54) is 6.42 Å². The summed E-state index contributed by atoms with van der Waals surface area (Å²) < 4.78 is 7.42. The summed E-state index contributed by atoms with van der Waals surface area (Å²) in [5.74, 6) is 0.0658. The third-order valence-electron chi connectivity index (χ3n) is 5.72. The quantitative estimate of drug-likeness (QED) is 0.796. The molecule has 134 valence electrons. The van der Waals surface area contributed by atoms with Crippen molar-refractivity contribution in [1.82, 2.24) is 4.57 Å². The molecule has 2 aliphatic rings. The van der Waals surface area contributed by atoms with E-state index in [1.54, 1.807) is 0 Å². The van der Waals surface area contributed by atoms with Gasteiger partial charge < -0.3 is 14.4 Å². The van der Waals surface area contributed by atoms with Gasteiger partial charge in [0.1, 0.15) is 0 Å². The lowest BCUT2D eigenvalue weighted by atomic mass is 9.81. The van der Waals surface area contributed by atoms with Crippen molar-refractivity contribution in [2.24, 2.45) is 0 Å². The molecular formula is C20H24ClNO3. The van der Waals surface area contributed by atoms with Crippen molar-refractivity contribution in [2.75, 3.05) is 13.2 Å². The highest BCUT2D eigenvalue weighted by Crippen LogP contribution is 2.35. The van der Waals surface area contributed by atoms with Crippen LogP contribution in [0.1, 0.15) is 61.3 Å². The maximum Gasteiger partial charge on any atom is 0.165 e. The van der Waals surface area contributed by atoms with Gasteiger partial charge in [-0.25, -0.2) is 0 Å². The lowest BCUT2D eigenvalue weighted by Gasteiger charge is -2.31. The normalized spacial score (nSPS) is 20.6. The molecule has 1 aromatic heterocycles. The molecule has 1 aliphatic heterocycles. The molecule has 4 nitrogen and oxygen atoms in total. The van der Waals surface area contributed by atoms with Crippen LogP contribution in [0, 0.1) is 0 Å². The fourth-order valence-electron chi connectivity index (χ4n) is 4.11. The van der Waals surface area contributed by atoms with Crippen molar-refractivity contribution in [3.8, 4) is 0 Å². The van der Waals surface area contributed by atoms with Crippen molar-refractivity contribution in [2.45, 2.75) is 56.6 Å². The number of aromatic nitrogens is 1. The Morgan fingerprint density at radius 2 is 2.04 bits per heavy atom. The third kappa shape index (κ3) is 3.23. The van der Waals surface area contributed by atoms with Gasteiger partial charge >= 0.3 is 0 Å². The number of benzene rings is 1. The number of aliphatic hydroxyl groups is 1. The lowest BCUT2D eigenvalue weighted by molar-refractivity contribution is -0.0214. The zero-order valence-corrected chi connectivity index (χ0v) is 15.1. The minimum Gasteiger partial charge on any atom is -0.390 e. The number of nitrogens with zero attached hydrogens (tertiary/aromatic N) is 1. The zero-order chi connectivity index (χ0) is 17.4. The van der Waals surface area contributed by atoms with Gasteiger partial charge in [0.25, 0.3) is 0 Å². The van der Waals surface area contributed by atoms with Gasteiger partial charge in [-0.2, -0.15) is 0 Å². The zero-order valence-electron chi connectivity index (χ0n) is 14.3. The number of fused-ring (bicyclic) bond motifs is 1. The molecule has 4 rings (SSSR count). The van der Waals surface area contributed by atoms with Crippen LogP contribution in [0.2, 0.25) is 5.02 Å². The summed E-state index contributed by atoms with van der Waals surface area (Å²) in [5, 5.41) is 12.1. The topological polar surface area (TPSA) is 51.5 Å². The van der Waals surface area contributed by atoms with Crippen molar-refractivity contribution in [1.29, 1.82) is 0 Å². The predicted molar refractivity (Wildman–Crippen MR) is 98.4 cm³/mol. The Balaban J connectivity index is 1.60. The molecule has 1 saturated carbocycles. The summed E-state index contributed by atoms with van der Waals surface area (Å²) in [6.45, 7) is 1.34. The second kappa shape index (κ2) is 6.75. The van der Waals surface area contributed by atoms with E-state index in [0.29, 0.717) is 36.6 Å². The summed E-state index contributed by atoms with van der Waals surface area (Å²) in [4.78, 5) is 12.9. The van der Waals surface area contributed by atoms with Crippen LogP contribution in [0.25, 0.3) is 10.9 Å². The van der Waals surface area contributed by atoms with E-state index >= 15 is 0 Å². The molecule has 2 fully saturated rings. The Morgan fingerprint density at radius 3 is 2.72 bits per heavy atom. The van der Waals surface area contributed by atoms with Gasteiger partial charge in [0.2, 0.25) is 0 Å². The van der Waals surface area contributed by atoms with E-state index in [0.717, 1.165) is 36.6 Å². The smallest absolute Gasteiger partial charge is 0.165 e. The molecule has 0 unspecified atom stereocenters. The number of ketones is 1. The summed E-state index contributed by atoms with van der Waals surface area (Å²) in [6.07, 6.45) is 7.73. The van der Waals surface area contributed by atoms with Gasteiger partial charge in [-0.05, 0) is 31.4 Å². The average Bonchev–Trinajstić information content (AvgIpc) is 2.93. The van der Waals surface area contributed by atoms with Gasteiger partial charge in [0.05, 0.1) is 35.4 Å². The largest absolute Gasteiger partial charge is 0.390 e. The molecule has 1 aliphatic carbocycles. The first-order chi connectivity index (χ1) is 12.1. The Kier molecular flexibility index (Phi) is 4.61. The SMILES string of the molecule is O=C(CCC1(O)CCCCC1)c1cn(C2COC2)c2cccc(Cl)c12. The van der Waals surface area contributed by atoms with E-state index in [9.17, 15) is 9.90 Å². The number of Topliss-reactive ketones (excluding diaryl/α,β-unsaturated/α-hetero) is 1. The van der Waals surface area contributed by atoms with Gasteiger partial charge in [-0.15, -0.1) is 0 Å². The number of carbonyl (C=O) groups excluding carboxylic acids is 1. The van der Waals surface area contributed by atoms with Crippen LogP contribution in [0.15, 0.2) is 24.4 Å². The van der Waals surface area contributed by atoms with Crippen LogP contribution in [0.4, 0.5) is 0 Å². The number of hydrogen-bond donors (Lipinski definition) is 1. The molecule has 0 bridgehead atoms. The Morgan fingerprint density at radius 1 is 1.28 bits per heavy atom. The predicted octanol–water partition coefficient (Wildman–Crippen LogP) is 4.52. The molecule has 1 saturated heterocycles. The Bertz CT molecular complexity index is 788. The third-order valence-corrected chi connectivity index (χ3v) is 6.04. The molecule has 0 spiro atoms.